The number of oxime groups is 1. The van der Waals surface area contributed by atoms with Crippen LogP contribution in [-0.2, 0) is 19.7 Å². The maximum Gasteiger partial charge on any atom is 0.268 e. The second-order valence-corrected chi connectivity index (χ2v) is 9.64. The molecule has 0 aromatic heterocycles. The van der Waals surface area contributed by atoms with Crippen molar-refractivity contribution in [2.75, 3.05) is 38.0 Å². The number of sulfonamides is 1. The predicted molar refractivity (Wildman–Crippen MR) is 118 cm³/mol. The molecule has 0 bridgehead atoms. The van der Waals surface area contributed by atoms with Gasteiger partial charge in [0.1, 0.15) is 5.82 Å². The first-order valence-electron chi connectivity index (χ1n) is 10.5. The van der Waals surface area contributed by atoms with Crippen molar-refractivity contribution >= 4 is 27.3 Å². The SMILES string of the molecule is CCN1CCN(S(=O)(=O)c2ccc(NC(=O)C3CC(c4cccc(F)c4)=NO3)cc2)CC1. The fourth-order valence-corrected chi connectivity index (χ4v) is 5.15. The summed E-state index contributed by atoms with van der Waals surface area (Å²) in [5.41, 5.74) is 1.51. The molecule has 2 aliphatic rings. The third-order valence-corrected chi connectivity index (χ3v) is 7.57. The zero-order valence-corrected chi connectivity index (χ0v) is 18.5. The van der Waals surface area contributed by atoms with Crippen molar-refractivity contribution in [3.63, 3.8) is 0 Å². The van der Waals surface area contributed by atoms with Crippen LogP contribution >= 0.6 is 0 Å². The molecule has 2 aliphatic heterocycles. The molecule has 1 unspecified atom stereocenters. The number of nitrogens with one attached hydrogen (secondary N) is 1. The fraction of sp³-hybridized carbons (Fsp3) is 0.364. The van der Waals surface area contributed by atoms with Crippen molar-refractivity contribution in [3.8, 4) is 0 Å². The van der Waals surface area contributed by atoms with Crippen LogP contribution in [0.4, 0.5) is 10.1 Å². The van der Waals surface area contributed by atoms with Crippen LogP contribution in [0.1, 0.15) is 18.9 Å². The molecule has 4 rings (SSSR count). The molecule has 170 valence electrons. The Kier molecular flexibility index (Phi) is 6.54. The maximum absolute atomic E-state index is 13.4. The van der Waals surface area contributed by atoms with E-state index in [1.54, 1.807) is 24.3 Å². The van der Waals surface area contributed by atoms with Gasteiger partial charge in [-0.25, -0.2) is 12.8 Å². The van der Waals surface area contributed by atoms with Gasteiger partial charge in [0, 0.05) is 43.9 Å². The molecule has 0 saturated carbocycles. The van der Waals surface area contributed by atoms with E-state index in [0.717, 1.165) is 6.54 Å². The minimum atomic E-state index is -3.58. The van der Waals surface area contributed by atoms with Crippen LogP contribution in [0.25, 0.3) is 0 Å². The molecule has 8 nitrogen and oxygen atoms in total. The molecule has 1 N–H and O–H groups in total. The molecule has 1 saturated heterocycles. The van der Waals surface area contributed by atoms with Gasteiger partial charge in [-0.05, 0) is 42.9 Å². The molecule has 10 heteroatoms. The van der Waals surface area contributed by atoms with E-state index >= 15 is 0 Å². The van der Waals surface area contributed by atoms with Gasteiger partial charge in [0.15, 0.2) is 0 Å². The van der Waals surface area contributed by atoms with E-state index in [4.69, 9.17) is 4.84 Å². The minimum absolute atomic E-state index is 0.189. The molecule has 0 spiro atoms. The third kappa shape index (κ3) is 4.82. The highest BCUT2D eigenvalue weighted by Gasteiger charge is 2.30. The highest BCUT2D eigenvalue weighted by Crippen LogP contribution is 2.22. The number of amides is 1. The first-order chi connectivity index (χ1) is 15.4. The lowest BCUT2D eigenvalue weighted by Gasteiger charge is -2.33. The van der Waals surface area contributed by atoms with Crippen LogP contribution in [0.15, 0.2) is 58.6 Å². The predicted octanol–water partition coefficient (Wildman–Crippen LogP) is 2.28. The summed E-state index contributed by atoms with van der Waals surface area (Å²) in [6, 6.07) is 12.0. The summed E-state index contributed by atoms with van der Waals surface area (Å²) in [5.74, 6) is -0.799. The van der Waals surface area contributed by atoms with E-state index in [0.29, 0.717) is 43.1 Å². The Labute approximate surface area is 186 Å². The normalized spacial score (nSPS) is 19.9. The van der Waals surface area contributed by atoms with Crippen LogP contribution in [0.2, 0.25) is 0 Å². The van der Waals surface area contributed by atoms with Crippen LogP contribution < -0.4 is 5.32 Å². The highest BCUT2D eigenvalue weighted by atomic mass is 32.2. The summed E-state index contributed by atoms with van der Waals surface area (Å²) in [6.45, 7) is 5.31. The van der Waals surface area contributed by atoms with Gasteiger partial charge in [-0.15, -0.1) is 0 Å². The number of benzene rings is 2. The molecule has 1 fully saturated rings. The highest BCUT2D eigenvalue weighted by molar-refractivity contribution is 7.89. The molecule has 32 heavy (non-hydrogen) atoms. The number of hydrogen-bond acceptors (Lipinski definition) is 6. The van der Waals surface area contributed by atoms with E-state index in [1.165, 1.54) is 28.6 Å². The molecule has 0 aliphatic carbocycles. The van der Waals surface area contributed by atoms with Crippen molar-refractivity contribution in [2.45, 2.75) is 24.3 Å². The number of carbonyl (C=O) groups excluding carboxylic acids is 1. The molecular formula is C22H25FN4O4S. The van der Waals surface area contributed by atoms with Crippen LogP contribution in [0.3, 0.4) is 0 Å². The topological polar surface area (TPSA) is 91.3 Å². The molecule has 2 heterocycles. The molecular weight excluding hydrogens is 435 g/mol. The Morgan fingerprint density at radius 1 is 1.16 bits per heavy atom. The van der Waals surface area contributed by atoms with E-state index in [2.05, 4.69) is 22.3 Å². The molecule has 0 radical (unpaired) electrons. The summed E-state index contributed by atoms with van der Waals surface area (Å²) in [6.07, 6.45) is -0.627. The Morgan fingerprint density at radius 3 is 2.53 bits per heavy atom. The average Bonchev–Trinajstić information content (AvgIpc) is 3.30. The fourth-order valence-electron chi connectivity index (χ4n) is 3.72. The molecule has 1 amide bonds. The lowest BCUT2D eigenvalue weighted by atomic mass is 10.0. The monoisotopic (exact) mass is 460 g/mol. The second kappa shape index (κ2) is 9.35. The second-order valence-electron chi connectivity index (χ2n) is 7.70. The maximum atomic E-state index is 13.4. The van der Waals surface area contributed by atoms with Gasteiger partial charge in [0.25, 0.3) is 5.91 Å². The van der Waals surface area contributed by atoms with Crippen molar-refractivity contribution < 1.29 is 22.4 Å². The summed E-state index contributed by atoms with van der Waals surface area (Å²) in [5, 5.41) is 6.61. The summed E-state index contributed by atoms with van der Waals surface area (Å²) in [7, 11) is -3.58. The lowest BCUT2D eigenvalue weighted by molar-refractivity contribution is -0.125. The first kappa shape index (κ1) is 22.4. The number of hydrogen-bond donors (Lipinski definition) is 1. The number of likely N-dealkylation sites (N-methyl/N-ethyl adjacent to an activating group) is 1. The van der Waals surface area contributed by atoms with Gasteiger partial charge in [-0.1, -0.05) is 24.2 Å². The van der Waals surface area contributed by atoms with E-state index in [9.17, 15) is 17.6 Å². The first-order valence-corrected chi connectivity index (χ1v) is 11.9. The molecule has 1 atom stereocenters. The Hall–Kier alpha value is -2.82. The van der Waals surface area contributed by atoms with Crippen molar-refractivity contribution in [1.29, 1.82) is 0 Å². The number of carbonyl (C=O) groups is 1. The number of nitrogens with zero attached hydrogens (tertiary/aromatic N) is 3. The zero-order chi connectivity index (χ0) is 22.7. The van der Waals surface area contributed by atoms with Crippen molar-refractivity contribution in [2.24, 2.45) is 5.16 Å². The Bertz CT molecular complexity index is 1110. The van der Waals surface area contributed by atoms with Crippen LogP contribution in [0, 0.1) is 5.82 Å². The smallest absolute Gasteiger partial charge is 0.268 e. The lowest BCUT2D eigenvalue weighted by Crippen LogP contribution is -2.48. The van der Waals surface area contributed by atoms with Crippen molar-refractivity contribution in [1.82, 2.24) is 9.21 Å². The number of piperazine rings is 1. The number of anilines is 1. The van der Waals surface area contributed by atoms with E-state index in [1.807, 2.05) is 0 Å². The number of halogens is 1. The summed E-state index contributed by atoms with van der Waals surface area (Å²) < 4.78 is 40.7. The Balaban J connectivity index is 1.35. The molecule has 2 aromatic carbocycles. The quantitative estimate of drug-likeness (QED) is 0.714. The minimum Gasteiger partial charge on any atom is -0.382 e. The third-order valence-electron chi connectivity index (χ3n) is 5.66. The molecule has 2 aromatic rings. The van der Waals surface area contributed by atoms with E-state index < -0.39 is 22.0 Å². The number of rotatable bonds is 6. The largest absolute Gasteiger partial charge is 0.382 e. The standard InChI is InChI=1S/C22H25FN4O4S/c1-2-26-10-12-27(13-11-26)32(29,30)19-8-6-18(7-9-19)24-22(28)21-15-20(25-31-21)16-4-3-5-17(23)14-16/h3-9,14,21H,2,10-13,15H2,1H3,(H,24,28). The summed E-state index contributed by atoms with van der Waals surface area (Å²) in [4.78, 5) is 20.1. The average molecular weight is 461 g/mol. The van der Waals surface area contributed by atoms with Gasteiger partial charge < -0.3 is 15.1 Å². The Morgan fingerprint density at radius 2 is 1.88 bits per heavy atom. The van der Waals surface area contributed by atoms with Gasteiger partial charge in [-0.2, -0.15) is 4.31 Å². The van der Waals surface area contributed by atoms with Gasteiger partial charge in [0.2, 0.25) is 16.1 Å². The van der Waals surface area contributed by atoms with Crippen LogP contribution in [-0.4, -0.2) is 68.1 Å². The van der Waals surface area contributed by atoms with Gasteiger partial charge in [0.05, 0.1) is 10.6 Å². The van der Waals surface area contributed by atoms with Crippen LogP contribution in [0.5, 0.6) is 0 Å². The van der Waals surface area contributed by atoms with Gasteiger partial charge in [-0.3, -0.25) is 4.79 Å². The van der Waals surface area contributed by atoms with Gasteiger partial charge >= 0.3 is 0 Å². The van der Waals surface area contributed by atoms with E-state index in [-0.39, 0.29) is 17.1 Å². The van der Waals surface area contributed by atoms with Crippen molar-refractivity contribution in [3.05, 3.63) is 59.9 Å². The summed E-state index contributed by atoms with van der Waals surface area (Å²) >= 11 is 0. The zero-order valence-electron chi connectivity index (χ0n) is 17.7.